The highest BCUT2D eigenvalue weighted by Gasteiger charge is 2.19. The third-order valence-corrected chi connectivity index (χ3v) is 8.14. The molecule has 1 unspecified atom stereocenters. The minimum atomic E-state index is -1.18. The van der Waals surface area contributed by atoms with Gasteiger partial charge in [-0.25, -0.2) is 28.5 Å². The number of benzene rings is 4. The monoisotopic (exact) mass is 964 g/mol. The number of anilines is 4. The number of amides is 2. The van der Waals surface area contributed by atoms with Gasteiger partial charge >= 0.3 is 0 Å². The zero-order chi connectivity index (χ0) is 37.0. The Hall–Kier alpha value is -2.98. The van der Waals surface area contributed by atoms with Crippen LogP contribution in [0.3, 0.4) is 0 Å². The number of hydroxylamine groups is 2. The molecule has 18 heteroatoms. The maximum absolute atomic E-state index is 13.6. The number of halogens is 8. The Balaban J connectivity index is 0.000000270. The third-order valence-electron chi connectivity index (χ3n) is 6.18. The number of hydrogen-bond acceptors (Lipinski definition) is 8. The van der Waals surface area contributed by atoms with Gasteiger partial charge in [0, 0.05) is 26.4 Å². The molecule has 0 aliphatic carbocycles. The Morgan fingerprint density at radius 3 is 1.58 bits per heavy atom. The number of aliphatic hydroxyl groups excluding tert-OH is 1. The van der Waals surface area contributed by atoms with Gasteiger partial charge in [-0.2, -0.15) is 0 Å². The van der Waals surface area contributed by atoms with Crippen LogP contribution in [0.1, 0.15) is 27.6 Å². The van der Waals surface area contributed by atoms with E-state index in [4.69, 9.17) is 42.7 Å². The Bertz CT molecular complexity index is 1830. The van der Waals surface area contributed by atoms with E-state index in [1.54, 1.807) is 36.4 Å². The smallest absolute Gasteiger partial charge is 0.277 e. The maximum atomic E-state index is 13.6. The fraction of sp³-hybridized carbons (Fsp3) is 0.188. The van der Waals surface area contributed by atoms with Crippen molar-refractivity contribution in [1.82, 2.24) is 11.0 Å². The van der Waals surface area contributed by atoms with Crippen LogP contribution in [0, 0.1) is 30.4 Å². The normalized spacial score (nSPS) is 11.3. The number of nitrogens with one attached hydrogen (secondary N) is 4. The van der Waals surface area contributed by atoms with Gasteiger partial charge in [0.2, 0.25) is 0 Å². The minimum Gasteiger partial charge on any atom is -0.394 e. The van der Waals surface area contributed by atoms with E-state index < -0.39 is 41.2 Å². The molecule has 2 amide bonds. The van der Waals surface area contributed by atoms with Crippen LogP contribution in [-0.4, -0.2) is 50.0 Å². The molecule has 0 aliphatic heterocycles. The van der Waals surface area contributed by atoms with Crippen LogP contribution >= 0.6 is 68.4 Å². The van der Waals surface area contributed by atoms with Crippen LogP contribution in [0.25, 0.3) is 0 Å². The summed E-state index contributed by atoms with van der Waals surface area (Å²) in [6.07, 6.45) is -0.656. The van der Waals surface area contributed by atoms with Gasteiger partial charge in [-0.15, -0.1) is 0 Å². The molecule has 5 N–H and O–H groups in total. The summed E-state index contributed by atoms with van der Waals surface area (Å²) in [5.74, 6) is -6.09. The first-order valence-electron chi connectivity index (χ1n) is 14.1. The second-order valence-electron chi connectivity index (χ2n) is 9.94. The highest BCUT2D eigenvalue weighted by atomic mass is 127. The van der Waals surface area contributed by atoms with Crippen molar-refractivity contribution in [2.45, 2.75) is 13.0 Å². The summed E-state index contributed by atoms with van der Waals surface area (Å²) in [7, 11) is 1.48. The average molecular weight is 965 g/mol. The lowest BCUT2D eigenvalue weighted by Crippen LogP contribution is -2.30. The molecule has 4 aromatic rings. The van der Waals surface area contributed by atoms with Crippen LogP contribution in [0.4, 0.5) is 40.3 Å². The van der Waals surface area contributed by atoms with Gasteiger partial charge < -0.3 is 20.5 Å². The first-order valence-corrected chi connectivity index (χ1v) is 17.1. The zero-order valence-electron chi connectivity index (χ0n) is 26.0. The van der Waals surface area contributed by atoms with E-state index in [0.29, 0.717) is 21.4 Å². The second-order valence-corrected chi connectivity index (χ2v) is 13.2. The van der Waals surface area contributed by atoms with Crippen molar-refractivity contribution in [2.24, 2.45) is 0 Å². The van der Waals surface area contributed by atoms with E-state index in [2.05, 4.69) is 66.8 Å². The molecule has 0 aromatic heterocycles. The molecule has 4 aromatic carbocycles. The predicted molar refractivity (Wildman–Crippen MR) is 198 cm³/mol. The molecule has 10 nitrogen and oxygen atoms in total. The number of carbonyl (C=O) groups excluding carboxylic acids is 2. The lowest BCUT2D eigenvalue weighted by molar-refractivity contribution is -0.0304. The number of ether oxygens (including phenoxy) is 1. The van der Waals surface area contributed by atoms with Gasteiger partial charge in [0.1, 0.15) is 6.10 Å². The first-order chi connectivity index (χ1) is 23.7. The van der Waals surface area contributed by atoms with Crippen LogP contribution in [0.5, 0.6) is 0 Å². The number of aliphatic hydroxyl groups is 1. The average Bonchev–Trinajstić information content (AvgIpc) is 3.07. The fourth-order valence-electron chi connectivity index (χ4n) is 3.69. The molecular weight excluding hydrogens is 937 g/mol. The molecule has 0 saturated carbocycles. The molecule has 1 atom stereocenters. The van der Waals surface area contributed by atoms with Crippen molar-refractivity contribution in [2.75, 3.05) is 37.6 Å². The van der Waals surface area contributed by atoms with Crippen molar-refractivity contribution in [3.05, 3.63) is 112 Å². The highest BCUT2D eigenvalue weighted by molar-refractivity contribution is 14.1. The Morgan fingerprint density at radius 2 is 1.16 bits per heavy atom. The molecule has 0 fully saturated rings. The van der Waals surface area contributed by atoms with Crippen LogP contribution in [-0.2, 0) is 14.4 Å². The molecule has 0 saturated heterocycles. The van der Waals surface area contributed by atoms with Gasteiger partial charge in [-0.05, 0) is 101 Å². The summed E-state index contributed by atoms with van der Waals surface area (Å²) in [5.41, 5.74) is 4.85. The lowest BCUT2D eigenvalue weighted by atomic mass is 10.1. The summed E-state index contributed by atoms with van der Waals surface area (Å²) in [4.78, 5) is 34.2. The van der Waals surface area contributed by atoms with E-state index in [9.17, 15) is 27.2 Å². The summed E-state index contributed by atoms with van der Waals surface area (Å²) in [6, 6.07) is 13.5. The Labute approximate surface area is 321 Å². The maximum Gasteiger partial charge on any atom is 0.277 e. The standard InChI is InChI=1S/2C16H14ClF2IN2O3/c1-8(7-23)25-22-16(24)10-5-12(18)13(19)6-15(10)21-14-3-2-9(20)4-11(14)17;1-24-4-5-25-22-16(23)10-7-12(18)13(19)8-15(10)21-14-3-2-9(20)6-11(14)17/h2-6,8,21,23H,7H2,1H3,(H,22,24);2-3,6-8,21H,4-5H2,1H3,(H,22,23). The molecule has 4 rings (SSSR count). The predicted octanol–water partition coefficient (Wildman–Crippen LogP) is 8.28. The lowest BCUT2D eigenvalue weighted by Gasteiger charge is -2.15. The van der Waals surface area contributed by atoms with Gasteiger partial charge in [0.15, 0.2) is 23.3 Å². The van der Waals surface area contributed by atoms with E-state index in [0.717, 1.165) is 31.4 Å². The van der Waals surface area contributed by atoms with Crippen molar-refractivity contribution in [3.8, 4) is 0 Å². The topological polar surface area (TPSA) is 130 Å². The molecule has 0 bridgehead atoms. The minimum absolute atomic E-state index is 0.0137. The number of methoxy groups -OCH3 is 1. The first kappa shape index (κ1) is 41.4. The van der Waals surface area contributed by atoms with E-state index in [-0.39, 0.29) is 42.3 Å². The van der Waals surface area contributed by atoms with E-state index in [1.807, 2.05) is 0 Å². The SMILES string of the molecule is CC(CO)ONC(=O)c1cc(F)c(F)cc1Nc1ccc(I)cc1Cl.COCCONC(=O)c1cc(F)c(F)cc1Nc1ccc(I)cc1Cl. The Kier molecular flexibility index (Phi) is 16.7. The molecule has 268 valence electrons. The van der Waals surface area contributed by atoms with Crippen LogP contribution in [0.2, 0.25) is 10.0 Å². The molecule has 0 spiro atoms. The molecule has 0 heterocycles. The fourth-order valence-corrected chi connectivity index (χ4v) is 5.50. The summed E-state index contributed by atoms with van der Waals surface area (Å²) < 4.78 is 60.9. The molecule has 50 heavy (non-hydrogen) atoms. The van der Waals surface area contributed by atoms with Crippen LogP contribution < -0.4 is 21.6 Å². The largest absolute Gasteiger partial charge is 0.394 e. The van der Waals surface area contributed by atoms with Gasteiger partial charge in [0.25, 0.3) is 11.8 Å². The van der Waals surface area contributed by atoms with E-state index >= 15 is 0 Å². The molecular formula is C32H28Cl2F4I2N4O6. The van der Waals surface area contributed by atoms with Gasteiger partial charge in [-0.3, -0.25) is 19.3 Å². The van der Waals surface area contributed by atoms with E-state index in [1.165, 1.54) is 14.0 Å². The highest BCUT2D eigenvalue weighted by Crippen LogP contribution is 2.31. The van der Waals surface area contributed by atoms with Crippen molar-refractivity contribution >= 4 is 103 Å². The van der Waals surface area contributed by atoms with Gasteiger partial charge in [-0.1, -0.05) is 23.2 Å². The summed E-state index contributed by atoms with van der Waals surface area (Å²) in [5, 5.41) is 15.3. The van der Waals surface area contributed by atoms with Crippen molar-refractivity contribution < 1.29 is 46.7 Å². The number of rotatable bonds is 13. The number of carbonyl (C=O) groups is 2. The molecule has 0 aliphatic rings. The van der Waals surface area contributed by atoms with Crippen LogP contribution in [0.15, 0.2) is 60.7 Å². The summed E-state index contributed by atoms with van der Waals surface area (Å²) in [6.45, 7) is 1.58. The second kappa shape index (κ2) is 20.2. The zero-order valence-corrected chi connectivity index (χ0v) is 31.8. The quantitative estimate of drug-likeness (QED) is 0.0392. The van der Waals surface area contributed by atoms with Gasteiger partial charge in [0.05, 0.1) is 63.7 Å². The number of hydrogen-bond donors (Lipinski definition) is 5. The Morgan fingerprint density at radius 1 is 0.720 bits per heavy atom. The van der Waals surface area contributed by atoms with Crippen molar-refractivity contribution in [1.29, 1.82) is 0 Å². The van der Waals surface area contributed by atoms with Crippen molar-refractivity contribution in [3.63, 3.8) is 0 Å². The molecule has 0 radical (unpaired) electrons. The third kappa shape index (κ3) is 12.4. The summed E-state index contributed by atoms with van der Waals surface area (Å²) >= 11 is 16.4.